The zero-order valence-electron chi connectivity index (χ0n) is 16.4. The number of fused-ring (bicyclic) bond motifs is 1. The number of nitrogens with one attached hydrogen (secondary N) is 1. The van der Waals surface area contributed by atoms with E-state index < -0.39 is 0 Å². The van der Waals surface area contributed by atoms with E-state index in [1.165, 1.54) is 0 Å². The van der Waals surface area contributed by atoms with Gasteiger partial charge in [0.05, 0.1) is 18.4 Å². The number of amides is 1. The molecule has 1 amide bonds. The first-order valence-electron chi connectivity index (χ1n) is 9.16. The van der Waals surface area contributed by atoms with E-state index in [4.69, 9.17) is 9.72 Å². The van der Waals surface area contributed by atoms with E-state index in [1.807, 2.05) is 61.0 Å². The predicted octanol–water partition coefficient (Wildman–Crippen LogP) is 5.64. The van der Waals surface area contributed by atoms with Gasteiger partial charge in [-0.25, -0.2) is 4.98 Å². The molecule has 5 nitrogen and oxygen atoms in total. The molecule has 4 rings (SSSR count). The highest BCUT2D eigenvalue weighted by Gasteiger charge is 2.14. The Morgan fingerprint density at radius 1 is 1.10 bits per heavy atom. The van der Waals surface area contributed by atoms with Crippen molar-refractivity contribution < 1.29 is 9.53 Å². The molecule has 2 aromatic heterocycles. The van der Waals surface area contributed by atoms with Crippen molar-refractivity contribution in [2.45, 2.75) is 13.8 Å². The topological polar surface area (TPSA) is 55.6 Å². The van der Waals surface area contributed by atoms with E-state index in [0.717, 1.165) is 33.7 Å². The average Bonchev–Trinajstić information content (AvgIpc) is 3.15. The second-order valence-corrected chi connectivity index (χ2v) is 7.73. The van der Waals surface area contributed by atoms with Crippen LogP contribution in [0.5, 0.6) is 5.75 Å². The average molecular weight is 450 g/mol. The number of carbonyl (C=O) groups excluding carboxylic acids is 1. The van der Waals surface area contributed by atoms with Crippen LogP contribution in [0.25, 0.3) is 16.9 Å². The number of halogens is 1. The van der Waals surface area contributed by atoms with E-state index >= 15 is 0 Å². The normalized spacial score (nSPS) is 10.9. The first kappa shape index (κ1) is 19.2. The summed E-state index contributed by atoms with van der Waals surface area (Å²) < 4.78 is 7.96. The number of hydrogen-bond acceptors (Lipinski definition) is 3. The number of hydrogen-bond donors (Lipinski definition) is 1. The summed E-state index contributed by atoms with van der Waals surface area (Å²) in [5.41, 5.74) is 6.07. The van der Waals surface area contributed by atoms with Gasteiger partial charge in [0, 0.05) is 28.1 Å². The first-order valence-corrected chi connectivity index (χ1v) is 9.96. The summed E-state index contributed by atoms with van der Waals surface area (Å²) in [6, 6.07) is 15.3. The summed E-state index contributed by atoms with van der Waals surface area (Å²) in [5, 5.41) is 3.01. The number of benzene rings is 2. The number of aryl methyl sites for hydroxylation is 2. The number of nitrogens with zero attached hydrogens (tertiary/aromatic N) is 2. The van der Waals surface area contributed by atoms with Crippen molar-refractivity contribution in [3.8, 4) is 17.0 Å². The largest absolute Gasteiger partial charge is 0.497 e. The fourth-order valence-electron chi connectivity index (χ4n) is 3.20. The fourth-order valence-corrected chi connectivity index (χ4v) is 3.63. The summed E-state index contributed by atoms with van der Waals surface area (Å²) in [5.74, 6) is 0.422. The highest BCUT2D eigenvalue weighted by molar-refractivity contribution is 9.10. The van der Waals surface area contributed by atoms with Crippen LogP contribution in [0, 0.1) is 13.8 Å². The van der Waals surface area contributed by atoms with Gasteiger partial charge in [0.25, 0.3) is 5.91 Å². The van der Waals surface area contributed by atoms with Gasteiger partial charge in [-0.3, -0.25) is 4.79 Å². The van der Waals surface area contributed by atoms with Crippen LogP contribution in [0.15, 0.2) is 65.4 Å². The van der Waals surface area contributed by atoms with Gasteiger partial charge in [0.2, 0.25) is 0 Å². The molecule has 0 bridgehead atoms. The van der Waals surface area contributed by atoms with Crippen LogP contribution >= 0.6 is 15.9 Å². The third kappa shape index (κ3) is 3.76. The molecule has 0 aliphatic rings. The highest BCUT2D eigenvalue weighted by atomic mass is 79.9. The Hall–Kier alpha value is -3.12. The van der Waals surface area contributed by atoms with Crippen LogP contribution in [-0.4, -0.2) is 22.4 Å². The van der Waals surface area contributed by atoms with Crippen LogP contribution in [-0.2, 0) is 0 Å². The quantitative estimate of drug-likeness (QED) is 0.438. The minimum atomic E-state index is -0.207. The molecule has 0 saturated carbocycles. The number of methoxy groups -OCH3 is 1. The lowest BCUT2D eigenvalue weighted by atomic mass is 10.1. The Balaban J connectivity index is 1.68. The second-order valence-electron chi connectivity index (χ2n) is 6.88. The smallest absolute Gasteiger partial charge is 0.256 e. The van der Waals surface area contributed by atoms with Gasteiger partial charge in [-0.15, -0.1) is 0 Å². The fraction of sp³-hybridized carbons (Fsp3) is 0.130. The molecular formula is C23H20BrN3O2. The van der Waals surface area contributed by atoms with Gasteiger partial charge in [0.15, 0.2) is 0 Å². The van der Waals surface area contributed by atoms with Crippen LogP contribution in [0.3, 0.4) is 0 Å². The van der Waals surface area contributed by atoms with Crippen molar-refractivity contribution >= 4 is 33.2 Å². The van der Waals surface area contributed by atoms with Crippen molar-refractivity contribution in [2.24, 2.45) is 0 Å². The van der Waals surface area contributed by atoms with Crippen molar-refractivity contribution in [2.75, 3.05) is 12.4 Å². The third-order valence-electron chi connectivity index (χ3n) is 4.88. The van der Waals surface area contributed by atoms with Crippen LogP contribution in [0.2, 0.25) is 0 Å². The summed E-state index contributed by atoms with van der Waals surface area (Å²) >= 11 is 3.44. The minimum Gasteiger partial charge on any atom is -0.497 e. The van der Waals surface area contributed by atoms with E-state index in [-0.39, 0.29) is 5.91 Å². The van der Waals surface area contributed by atoms with E-state index in [9.17, 15) is 4.79 Å². The maximum atomic E-state index is 12.9. The number of imidazole rings is 1. The standard InChI is InChI=1S/C23H20BrN3O2/c1-14-6-7-16(21-13-27-10-4-5-15(2)22(27)25-21)11-20(14)26-23(28)18-12-17(29-3)8-9-19(18)24/h4-13H,1-3H3,(H,26,28). The molecule has 4 aromatic rings. The van der Waals surface area contributed by atoms with Gasteiger partial charge < -0.3 is 14.5 Å². The number of carbonyl (C=O) groups is 1. The van der Waals surface area contributed by atoms with Crippen LogP contribution in [0.1, 0.15) is 21.5 Å². The molecule has 29 heavy (non-hydrogen) atoms. The Morgan fingerprint density at radius 2 is 1.93 bits per heavy atom. The molecule has 0 aliphatic heterocycles. The third-order valence-corrected chi connectivity index (χ3v) is 5.57. The van der Waals surface area contributed by atoms with Crippen molar-refractivity contribution in [3.05, 3.63) is 82.1 Å². The molecule has 2 aromatic carbocycles. The van der Waals surface area contributed by atoms with E-state index in [0.29, 0.717) is 15.8 Å². The molecule has 0 fully saturated rings. The number of aromatic nitrogens is 2. The molecular weight excluding hydrogens is 430 g/mol. The molecule has 2 heterocycles. The summed E-state index contributed by atoms with van der Waals surface area (Å²) in [4.78, 5) is 17.6. The van der Waals surface area contributed by atoms with Gasteiger partial charge in [-0.2, -0.15) is 0 Å². The number of rotatable bonds is 4. The Morgan fingerprint density at radius 3 is 2.69 bits per heavy atom. The molecule has 0 spiro atoms. The molecule has 0 unspecified atom stereocenters. The molecule has 0 aliphatic carbocycles. The molecule has 1 N–H and O–H groups in total. The van der Waals surface area contributed by atoms with Crippen molar-refractivity contribution in [1.82, 2.24) is 9.38 Å². The number of ether oxygens (including phenoxy) is 1. The molecule has 0 saturated heterocycles. The zero-order valence-corrected chi connectivity index (χ0v) is 17.9. The van der Waals surface area contributed by atoms with Gasteiger partial charge in [0.1, 0.15) is 11.4 Å². The lowest BCUT2D eigenvalue weighted by Crippen LogP contribution is -2.13. The van der Waals surface area contributed by atoms with Gasteiger partial charge in [-0.1, -0.05) is 18.2 Å². The molecule has 0 radical (unpaired) electrons. The van der Waals surface area contributed by atoms with E-state index in [1.54, 1.807) is 25.3 Å². The molecule has 0 atom stereocenters. The van der Waals surface area contributed by atoms with Crippen molar-refractivity contribution in [3.63, 3.8) is 0 Å². The monoisotopic (exact) mass is 449 g/mol. The lowest BCUT2D eigenvalue weighted by Gasteiger charge is -2.12. The van der Waals surface area contributed by atoms with Crippen LogP contribution in [0.4, 0.5) is 5.69 Å². The SMILES string of the molecule is COc1ccc(Br)c(C(=O)Nc2cc(-c3cn4cccc(C)c4n3)ccc2C)c1. The maximum Gasteiger partial charge on any atom is 0.256 e. The predicted molar refractivity (Wildman–Crippen MR) is 119 cm³/mol. The Labute approximate surface area is 177 Å². The summed E-state index contributed by atoms with van der Waals surface area (Å²) in [6.45, 7) is 4.01. The Kier molecular flexibility index (Phi) is 5.11. The Bertz CT molecular complexity index is 1230. The second kappa shape index (κ2) is 7.72. The lowest BCUT2D eigenvalue weighted by molar-refractivity contribution is 0.102. The molecule has 146 valence electrons. The summed E-state index contributed by atoms with van der Waals surface area (Å²) in [7, 11) is 1.58. The first-order chi connectivity index (χ1) is 14.0. The van der Waals surface area contributed by atoms with Crippen LogP contribution < -0.4 is 10.1 Å². The summed E-state index contributed by atoms with van der Waals surface area (Å²) in [6.07, 6.45) is 3.98. The minimum absolute atomic E-state index is 0.207. The van der Waals surface area contributed by atoms with Gasteiger partial charge in [-0.05, 0) is 71.2 Å². The molecule has 6 heteroatoms. The van der Waals surface area contributed by atoms with Crippen molar-refractivity contribution in [1.29, 1.82) is 0 Å². The zero-order chi connectivity index (χ0) is 20.5. The van der Waals surface area contributed by atoms with Gasteiger partial charge >= 0.3 is 0 Å². The number of pyridine rings is 1. The van der Waals surface area contributed by atoms with E-state index in [2.05, 4.69) is 21.2 Å². The highest BCUT2D eigenvalue weighted by Crippen LogP contribution is 2.28. The maximum absolute atomic E-state index is 12.9. The number of anilines is 1.